The number of nitro benzene ring substituents is 1. The van der Waals surface area contributed by atoms with Crippen LogP contribution in [0.4, 0.5) is 5.69 Å². The number of ether oxygens (including phenoxy) is 1. The van der Waals surface area contributed by atoms with Crippen molar-refractivity contribution in [2.45, 2.75) is 30.2 Å². The van der Waals surface area contributed by atoms with Crippen LogP contribution in [-0.4, -0.2) is 61.7 Å². The molecule has 0 aliphatic carbocycles. The summed E-state index contributed by atoms with van der Waals surface area (Å²) in [5.74, 6) is 0. The molecule has 0 spiro atoms. The van der Waals surface area contributed by atoms with Crippen molar-refractivity contribution in [3.05, 3.63) is 39.9 Å². The van der Waals surface area contributed by atoms with Crippen LogP contribution in [0, 0.1) is 10.1 Å². The molecular weight excluding hydrogens is 286 g/mol. The number of benzene rings is 1. The van der Waals surface area contributed by atoms with Gasteiger partial charge in [0.1, 0.15) is 18.3 Å². The van der Waals surface area contributed by atoms with Gasteiger partial charge in [0.05, 0.1) is 17.1 Å². The molecule has 5 N–H and O–H groups in total. The summed E-state index contributed by atoms with van der Waals surface area (Å²) >= 11 is 0. The monoisotopic (exact) mass is 301 g/mol. The van der Waals surface area contributed by atoms with Crippen LogP contribution in [0.3, 0.4) is 0 Å². The first-order valence-electron chi connectivity index (χ1n) is 6.10. The Labute approximate surface area is 118 Å². The van der Waals surface area contributed by atoms with Gasteiger partial charge < -0.3 is 30.3 Å². The van der Waals surface area contributed by atoms with Gasteiger partial charge >= 0.3 is 0 Å². The van der Waals surface area contributed by atoms with E-state index in [1.807, 2.05) is 0 Å². The largest absolute Gasteiger partial charge is 0.394 e. The highest BCUT2D eigenvalue weighted by Crippen LogP contribution is 2.41. The molecule has 5 atom stereocenters. The first kappa shape index (κ1) is 15.8. The van der Waals surface area contributed by atoms with Crippen LogP contribution in [0.15, 0.2) is 24.3 Å². The standard InChI is InChI=1S/C12H15NO8/c14-5-8-12(18,10(16)9(15)11(17)21-8)6-3-1-2-4-7(6)13(19)20/h1-4,8-11,14-18H,5H2/t8-,9-,10-,11-,12+/m1/s1. The van der Waals surface area contributed by atoms with Gasteiger partial charge in [-0.25, -0.2) is 0 Å². The SMILES string of the molecule is O=[N+]([O-])c1ccccc1[C@@]1(O)[C@H](O)[C@@H](O)[C@H](O)O[C@@H]1CO. The third-order valence-corrected chi connectivity index (χ3v) is 3.56. The van der Waals surface area contributed by atoms with Crippen molar-refractivity contribution in [1.82, 2.24) is 0 Å². The van der Waals surface area contributed by atoms with Gasteiger partial charge in [0, 0.05) is 6.07 Å². The third-order valence-electron chi connectivity index (χ3n) is 3.56. The minimum absolute atomic E-state index is 0.326. The Morgan fingerprint density at radius 2 is 1.90 bits per heavy atom. The van der Waals surface area contributed by atoms with E-state index in [0.717, 1.165) is 6.07 Å². The molecule has 0 radical (unpaired) electrons. The van der Waals surface area contributed by atoms with E-state index >= 15 is 0 Å². The molecule has 1 aliphatic rings. The summed E-state index contributed by atoms with van der Waals surface area (Å²) in [5, 5.41) is 60.1. The molecule has 1 saturated heterocycles. The number of aliphatic hydroxyl groups is 5. The topological polar surface area (TPSA) is 154 Å². The van der Waals surface area contributed by atoms with Gasteiger partial charge in [-0.2, -0.15) is 0 Å². The average Bonchev–Trinajstić information content (AvgIpc) is 2.48. The second-order valence-electron chi connectivity index (χ2n) is 4.73. The molecule has 0 amide bonds. The van der Waals surface area contributed by atoms with E-state index in [1.54, 1.807) is 0 Å². The third kappa shape index (κ3) is 2.39. The number of hydrogen-bond donors (Lipinski definition) is 5. The van der Waals surface area contributed by atoms with E-state index in [1.165, 1.54) is 18.2 Å². The lowest BCUT2D eigenvalue weighted by atomic mass is 9.78. The molecule has 0 saturated carbocycles. The lowest BCUT2D eigenvalue weighted by molar-refractivity contribution is -0.390. The van der Waals surface area contributed by atoms with Crippen molar-refractivity contribution in [1.29, 1.82) is 0 Å². The molecule has 1 aromatic rings. The zero-order valence-electron chi connectivity index (χ0n) is 10.7. The fourth-order valence-corrected chi connectivity index (χ4v) is 2.45. The molecule has 2 rings (SSSR count). The predicted molar refractivity (Wildman–Crippen MR) is 67.0 cm³/mol. The maximum atomic E-state index is 11.1. The van der Waals surface area contributed by atoms with Crippen LogP contribution < -0.4 is 0 Å². The van der Waals surface area contributed by atoms with E-state index in [4.69, 9.17) is 4.74 Å². The van der Waals surface area contributed by atoms with Crippen LogP contribution in [0.2, 0.25) is 0 Å². The highest BCUT2D eigenvalue weighted by molar-refractivity contribution is 5.45. The van der Waals surface area contributed by atoms with Crippen molar-refractivity contribution in [2.24, 2.45) is 0 Å². The van der Waals surface area contributed by atoms with E-state index in [9.17, 15) is 35.6 Å². The van der Waals surface area contributed by atoms with Gasteiger partial charge in [-0.3, -0.25) is 10.1 Å². The molecule has 1 fully saturated rings. The molecule has 1 heterocycles. The maximum absolute atomic E-state index is 11.1. The molecule has 1 aliphatic heterocycles. The van der Waals surface area contributed by atoms with Crippen molar-refractivity contribution in [3.8, 4) is 0 Å². The average molecular weight is 301 g/mol. The van der Waals surface area contributed by atoms with Crippen LogP contribution in [0.5, 0.6) is 0 Å². The van der Waals surface area contributed by atoms with E-state index in [-0.39, 0.29) is 5.56 Å². The maximum Gasteiger partial charge on any atom is 0.275 e. The smallest absolute Gasteiger partial charge is 0.275 e. The van der Waals surface area contributed by atoms with Gasteiger partial charge in [0.25, 0.3) is 5.69 Å². The minimum atomic E-state index is -2.45. The summed E-state index contributed by atoms with van der Waals surface area (Å²) in [6.45, 7) is -0.830. The zero-order chi connectivity index (χ0) is 15.8. The fourth-order valence-electron chi connectivity index (χ4n) is 2.45. The number of aliphatic hydroxyl groups excluding tert-OH is 4. The highest BCUT2D eigenvalue weighted by Gasteiger charge is 2.57. The lowest BCUT2D eigenvalue weighted by Gasteiger charge is -2.46. The van der Waals surface area contributed by atoms with Gasteiger partial charge in [0.2, 0.25) is 0 Å². The Morgan fingerprint density at radius 3 is 2.48 bits per heavy atom. The number of nitrogens with zero attached hydrogens (tertiary/aromatic N) is 1. The molecule has 1 aromatic carbocycles. The van der Waals surface area contributed by atoms with Crippen LogP contribution in [0.1, 0.15) is 5.56 Å². The van der Waals surface area contributed by atoms with Crippen molar-refractivity contribution < 1.29 is 35.2 Å². The molecule has 116 valence electrons. The highest BCUT2D eigenvalue weighted by atomic mass is 16.6. The Bertz CT molecular complexity index is 534. The lowest BCUT2D eigenvalue weighted by Crippen LogP contribution is -2.65. The Balaban J connectivity index is 2.59. The molecule has 0 bridgehead atoms. The van der Waals surface area contributed by atoms with Crippen molar-refractivity contribution >= 4 is 5.69 Å². The van der Waals surface area contributed by atoms with Crippen LogP contribution in [-0.2, 0) is 10.3 Å². The summed E-state index contributed by atoms with van der Waals surface area (Å²) in [4.78, 5) is 10.3. The number of hydrogen-bond acceptors (Lipinski definition) is 8. The van der Waals surface area contributed by atoms with Gasteiger partial charge in [-0.05, 0) is 6.07 Å². The number of rotatable bonds is 3. The molecule has 21 heavy (non-hydrogen) atoms. The fraction of sp³-hybridized carbons (Fsp3) is 0.500. The van der Waals surface area contributed by atoms with Gasteiger partial charge in [0.15, 0.2) is 11.9 Å². The summed E-state index contributed by atoms with van der Waals surface area (Å²) in [7, 11) is 0. The molecular formula is C12H15NO8. The molecule has 0 aromatic heterocycles. The second-order valence-corrected chi connectivity index (χ2v) is 4.73. The predicted octanol–water partition coefficient (Wildman–Crippen LogP) is -1.79. The normalized spacial score (nSPS) is 36.4. The quantitative estimate of drug-likeness (QED) is 0.324. The Hall–Kier alpha value is -1.62. The minimum Gasteiger partial charge on any atom is -0.394 e. The van der Waals surface area contributed by atoms with Crippen molar-refractivity contribution in [3.63, 3.8) is 0 Å². The first-order valence-corrected chi connectivity index (χ1v) is 6.10. The summed E-state index contributed by atoms with van der Waals surface area (Å²) in [5.41, 5.74) is -3.28. The summed E-state index contributed by atoms with van der Waals surface area (Å²) < 4.78 is 4.85. The summed E-state index contributed by atoms with van der Waals surface area (Å²) in [6.07, 6.45) is -7.26. The van der Waals surface area contributed by atoms with E-state index < -0.39 is 47.4 Å². The first-order chi connectivity index (χ1) is 9.83. The number of nitro groups is 1. The Kier molecular flexibility index (Phi) is 4.23. The van der Waals surface area contributed by atoms with E-state index in [2.05, 4.69) is 0 Å². The second kappa shape index (κ2) is 5.64. The van der Waals surface area contributed by atoms with Crippen molar-refractivity contribution in [2.75, 3.05) is 6.61 Å². The number of para-hydroxylation sites is 1. The molecule has 0 unspecified atom stereocenters. The zero-order valence-corrected chi connectivity index (χ0v) is 10.7. The molecule has 9 nitrogen and oxygen atoms in total. The summed E-state index contributed by atoms with van der Waals surface area (Å²) in [6, 6.07) is 5.03. The Morgan fingerprint density at radius 1 is 1.29 bits per heavy atom. The van der Waals surface area contributed by atoms with Crippen LogP contribution >= 0.6 is 0 Å². The van der Waals surface area contributed by atoms with E-state index in [0.29, 0.717) is 0 Å². The van der Waals surface area contributed by atoms with Crippen LogP contribution in [0.25, 0.3) is 0 Å². The molecule has 9 heteroatoms. The van der Waals surface area contributed by atoms with Gasteiger partial charge in [-0.1, -0.05) is 12.1 Å². The van der Waals surface area contributed by atoms with Gasteiger partial charge in [-0.15, -0.1) is 0 Å².